The molecule has 0 amide bonds. The van der Waals surface area contributed by atoms with Crippen molar-refractivity contribution >= 4 is 5.69 Å². The molecular formula is C21H31NO. The Morgan fingerprint density at radius 1 is 1.13 bits per heavy atom. The number of allylic oxidation sites excluding steroid dienone is 1. The smallest absolute Gasteiger partial charge is 0.141 e. The van der Waals surface area contributed by atoms with Gasteiger partial charge in [0.25, 0.3) is 0 Å². The summed E-state index contributed by atoms with van der Waals surface area (Å²) in [5.41, 5.74) is 5.22. The summed E-state index contributed by atoms with van der Waals surface area (Å²) < 4.78 is 5.52. The molecule has 1 aromatic carbocycles. The lowest BCUT2D eigenvalue weighted by atomic mass is 9.60. The van der Waals surface area contributed by atoms with Crippen LogP contribution in [0.1, 0.15) is 59.8 Å². The van der Waals surface area contributed by atoms with Gasteiger partial charge in [-0.25, -0.2) is 0 Å². The van der Waals surface area contributed by atoms with E-state index in [4.69, 9.17) is 4.74 Å². The maximum atomic E-state index is 5.52. The van der Waals surface area contributed by atoms with Gasteiger partial charge in [-0.2, -0.15) is 0 Å². The molecule has 1 atom stereocenters. The quantitative estimate of drug-likeness (QED) is 0.712. The molecule has 2 aliphatic carbocycles. The minimum atomic E-state index is 0.258. The minimum absolute atomic E-state index is 0.258. The number of ether oxygens (including phenoxy) is 1. The van der Waals surface area contributed by atoms with E-state index >= 15 is 0 Å². The summed E-state index contributed by atoms with van der Waals surface area (Å²) >= 11 is 0. The first-order chi connectivity index (χ1) is 10.8. The lowest BCUT2D eigenvalue weighted by molar-refractivity contribution is 0.225. The van der Waals surface area contributed by atoms with Gasteiger partial charge >= 0.3 is 0 Å². The highest BCUT2D eigenvalue weighted by Gasteiger charge is 2.42. The van der Waals surface area contributed by atoms with Crippen LogP contribution in [-0.2, 0) is 0 Å². The summed E-state index contributed by atoms with van der Waals surface area (Å²) in [4.78, 5) is 0. The standard InChI is InChI=1S/C21H31NO/c1-20(2)12-8-9-15-13-19(21(3,4)14-16(15)20)22-17-10-6-7-11-18(17)23-5/h6-7,10-11,19,22H,8-9,12-14H2,1-5H3/t19-/m1/s1. The summed E-state index contributed by atoms with van der Waals surface area (Å²) in [6, 6.07) is 8.73. The highest BCUT2D eigenvalue weighted by atomic mass is 16.5. The van der Waals surface area contributed by atoms with Gasteiger partial charge in [0, 0.05) is 6.04 Å². The van der Waals surface area contributed by atoms with Gasteiger partial charge in [-0.05, 0) is 55.1 Å². The Bertz CT molecular complexity index is 612. The second-order valence-electron chi connectivity index (χ2n) is 8.59. The average molecular weight is 313 g/mol. The van der Waals surface area contributed by atoms with Gasteiger partial charge in [0.15, 0.2) is 0 Å². The highest BCUT2D eigenvalue weighted by molar-refractivity contribution is 5.57. The Hall–Kier alpha value is -1.44. The van der Waals surface area contributed by atoms with Crippen LogP contribution in [-0.4, -0.2) is 13.2 Å². The fraction of sp³-hybridized carbons (Fsp3) is 0.619. The predicted molar refractivity (Wildman–Crippen MR) is 98.1 cm³/mol. The molecule has 126 valence electrons. The van der Waals surface area contributed by atoms with Gasteiger partial charge in [-0.1, -0.05) is 51.0 Å². The van der Waals surface area contributed by atoms with Gasteiger partial charge in [0.1, 0.15) is 5.75 Å². The second-order valence-corrected chi connectivity index (χ2v) is 8.59. The van der Waals surface area contributed by atoms with Crippen LogP contribution in [0.4, 0.5) is 5.69 Å². The van der Waals surface area contributed by atoms with E-state index in [9.17, 15) is 0 Å². The minimum Gasteiger partial charge on any atom is -0.495 e. The fourth-order valence-corrected chi connectivity index (χ4v) is 4.41. The summed E-state index contributed by atoms with van der Waals surface area (Å²) in [5, 5.41) is 3.79. The van der Waals surface area contributed by atoms with E-state index < -0.39 is 0 Å². The van der Waals surface area contributed by atoms with Crippen LogP contribution in [0.15, 0.2) is 35.4 Å². The molecule has 0 bridgehead atoms. The summed E-state index contributed by atoms with van der Waals surface area (Å²) in [5.74, 6) is 0.937. The van der Waals surface area contributed by atoms with E-state index in [2.05, 4.69) is 45.1 Å². The van der Waals surface area contributed by atoms with Gasteiger partial charge in [-0.15, -0.1) is 0 Å². The normalized spacial score (nSPS) is 25.7. The number of anilines is 1. The van der Waals surface area contributed by atoms with Crippen molar-refractivity contribution in [1.29, 1.82) is 0 Å². The summed E-state index contributed by atoms with van der Waals surface area (Å²) in [6.07, 6.45) is 6.35. The van der Waals surface area contributed by atoms with E-state index in [1.54, 1.807) is 18.3 Å². The Morgan fingerprint density at radius 3 is 2.61 bits per heavy atom. The summed E-state index contributed by atoms with van der Waals surface area (Å²) in [7, 11) is 1.75. The van der Waals surface area contributed by atoms with Gasteiger partial charge in [0.2, 0.25) is 0 Å². The van der Waals surface area contributed by atoms with Gasteiger partial charge in [0.05, 0.1) is 12.8 Å². The fourth-order valence-electron chi connectivity index (χ4n) is 4.41. The number of methoxy groups -OCH3 is 1. The van der Waals surface area contributed by atoms with Crippen molar-refractivity contribution in [2.75, 3.05) is 12.4 Å². The third-order valence-electron chi connectivity index (χ3n) is 5.99. The topological polar surface area (TPSA) is 21.3 Å². The lowest BCUT2D eigenvalue weighted by Crippen LogP contribution is -2.43. The monoisotopic (exact) mass is 313 g/mol. The van der Waals surface area contributed by atoms with Crippen LogP contribution in [0.3, 0.4) is 0 Å². The van der Waals surface area contributed by atoms with Crippen molar-refractivity contribution in [3.05, 3.63) is 35.4 Å². The third-order valence-corrected chi connectivity index (χ3v) is 5.99. The Morgan fingerprint density at radius 2 is 1.87 bits per heavy atom. The van der Waals surface area contributed by atoms with E-state index in [-0.39, 0.29) is 5.41 Å². The van der Waals surface area contributed by atoms with E-state index in [0.717, 1.165) is 11.4 Å². The van der Waals surface area contributed by atoms with Crippen molar-refractivity contribution in [3.8, 4) is 5.75 Å². The largest absolute Gasteiger partial charge is 0.495 e. The van der Waals surface area contributed by atoms with Crippen LogP contribution in [0.5, 0.6) is 5.75 Å². The molecule has 1 N–H and O–H groups in total. The summed E-state index contributed by atoms with van der Waals surface area (Å²) in [6.45, 7) is 9.69. The molecule has 2 aliphatic rings. The van der Waals surface area contributed by atoms with Crippen LogP contribution >= 0.6 is 0 Å². The molecule has 0 heterocycles. The maximum absolute atomic E-state index is 5.52. The average Bonchev–Trinajstić information content (AvgIpc) is 2.49. The number of nitrogens with one attached hydrogen (secondary N) is 1. The van der Waals surface area contributed by atoms with Gasteiger partial charge < -0.3 is 10.1 Å². The van der Waals surface area contributed by atoms with Crippen molar-refractivity contribution in [1.82, 2.24) is 0 Å². The van der Waals surface area contributed by atoms with Crippen LogP contribution in [0, 0.1) is 10.8 Å². The zero-order valence-corrected chi connectivity index (χ0v) is 15.3. The van der Waals surface area contributed by atoms with E-state index in [0.29, 0.717) is 11.5 Å². The van der Waals surface area contributed by atoms with Crippen molar-refractivity contribution in [2.45, 2.75) is 65.8 Å². The SMILES string of the molecule is COc1ccccc1N[C@@H]1CC2=C(CC1(C)C)C(C)(C)CCC2. The van der Waals surface area contributed by atoms with Gasteiger partial charge in [-0.3, -0.25) is 0 Å². The zero-order valence-electron chi connectivity index (χ0n) is 15.3. The molecule has 0 saturated heterocycles. The first-order valence-electron chi connectivity index (χ1n) is 8.94. The van der Waals surface area contributed by atoms with Crippen molar-refractivity contribution in [2.24, 2.45) is 10.8 Å². The first-order valence-corrected chi connectivity index (χ1v) is 8.94. The molecule has 0 aromatic heterocycles. The van der Waals surface area contributed by atoms with E-state index in [1.807, 2.05) is 12.1 Å². The zero-order chi connectivity index (χ0) is 16.7. The number of rotatable bonds is 3. The van der Waals surface area contributed by atoms with E-state index in [1.165, 1.54) is 32.1 Å². The third kappa shape index (κ3) is 3.13. The van der Waals surface area contributed by atoms with Crippen molar-refractivity contribution < 1.29 is 4.74 Å². The molecule has 3 rings (SSSR count). The molecule has 2 heteroatoms. The van der Waals surface area contributed by atoms with Crippen molar-refractivity contribution in [3.63, 3.8) is 0 Å². The van der Waals surface area contributed by atoms with Crippen LogP contribution < -0.4 is 10.1 Å². The van der Waals surface area contributed by atoms with Crippen LogP contribution in [0.2, 0.25) is 0 Å². The highest BCUT2D eigenvalue weighted by Crippen LogP contribution is 2.52. The molecule has 0 saturated carbocycles. The Labute approximate surface area is 141 Å². The number of hydrogen-bond acceptors (Lipinski definition) is 2. The Balaban J connectivity index is 1.88. The predicted octanol–water partition coefficient (Wildman–Crippen LogP) is 5.80. The van der Waals surface area contributed by atoms with Crippen LogP contribution in [0.25, 0.3) is 0 Å². The molecular weight excluding hydrogens is 282 g/mol. The lowest BCUT2D eigenvalue weighted by Gasteiger charge is -2.48. The molecule has 2 nitrogen and oxygen atoms in total. The number of hydrogen-bond donors (Lipinski definition) is 1. The molecule has 0 radical (unpaired) electrons. The molecule has 0 aliphatic heterocycles. The molecule has 1 aromatic rings. The number of benzene rings is 1. The first kappa shape index (κ1) is 16.4. The number of para-hydroxylation sites is 2. The second kappa shape index (κ2) is 5.89. The molecule has 23 heavy (non-hydrogen) atoms. The molecule has 0 fully saturated rings. The Kier molecular flexibility index (Phi) is 4.20. The molecule has 0 unspecified atom stereocenters. The maximum Gasteiger partial charge on any atom is 0.141 e. The molecule has 0 spiro atoms.